The number of sulfone groups is 1. The molecule has 2 heterocycles. The maximum absolute atomic E-state index is 13.7. The molecule has 10 nitrogen and oxygen atoms in total. The van der Waals surface area contributed by atoms with Gasteiger partial charge in [-0.1, -0.05) is 38.1 Å². The smallest absolute Gasteiger partial charge is 0.250 e. The Bertz CT molecular complexity index is 1240. The zero-order chi connectivity index (χ0) is 29.6. The fourth-order valence-electron chi connectivity index (χ4n) is 6.12. The summed E-state index contributed by atoms with van der Waals surface area (Å²) in [5.74, 6) is -1.40. The number of nitrogens with one attached hydrogen (secondary N) is 2. The molecule has 0 bridgehead atoms. The lowest BCUT2D eigenvalue weighted by Crippen LogP contribution is -2.60. The van der Waals surface area contributed by atoms with Crippen LogP contribution in [0, 0.1) is 11.8 Å². The normalized spacial score (nSPS) is 24.9. The summed E-state index contributed by atoms with van der Waals surface area (Å²) in [6.07, 6.45) is 4.41. The molecule has 1 spiro atoms. The first-order valence-electron chi connectivity index (χ1n) is 15.0. The zero-order valence-corrected chi connectivity index (χ0v) is 25.1. The Labute approximate surface area is 243 Å². The van der Waals surface area contributed by atoms with Gasteiger partial charge in [0.05, 0.1) is 24.6 Å². The molecule has 0 radical (unpaired) electrons. The van der Waals surface area contributed by atoms with Crippen LogP contribution in [0.25, 0.3) is 0 Å². The van der Waals surface area contributed by atoms with E-state index < -0.39 is 27.2 Å². The van der Waals surface area contributed by atoms with Crippen LogP contribution >= 0.6 is 0 Å². The van der Waals surface area contributed by atoms with Crippen molar-refractivity contribution in [1.29, 1.82) is 0 Å². The van der Waals surface area contributed by atoms with Gasteiger partial charge in [0.25, 0.3) is 0 Å². The van der Waals surface area contributed by atoms with Crippen molar-refractivity contribution in [2.24, 2.45) is 11.8 Å². The second kappa shape index (κ2) is 13.4. The summed E-state index contributed by atoms with van der Waals surface area (Å²) in [6.45, 7) is 4.75. The summed E-state index contributed by atoms with van der Waals surface area (Å²) < 4.78 is 23.8. The van der Waals surface area contributed by atoms with E-state index in [1.54, 1.807) is 0 Å². The van der Waals surface area contributed by atoms with Crippen molar-refractivity contribution in [3.05, 3.63) is 35.4 Å². The molecule has 4 rings (SSSR count). The van der Waals surface area contributed by atoms with E-state index in [9.17, 15) is 27.6 Å². The number of hydrogen-bond acceptors (Lipinski definition) is 6. The third kappa shape index (κ3) is 7.67. The zero-order valence-electron chi connectivity index (χ0n) is 24.3. The maximum atomic E-state index is 13.7. The van der Waals surface area contributed by atoms with Gasteiger partial charge in [0, 0.05) is 25.6 Å². The van der Waals surface area contributed by atoms with Crippen molar-refractivity contribution < 1.29 is 27.6 Å². The Kier molecular flexibility index (Phi) is 10.1. The molecule has 1 aromatic rings. The Morgan fingerprint density at radius 2 is 1.78 bits per heavy atom. The first-order valence-corrected chi connectivity index (χ1v) is 16.8. The minimum absolute atomic E-state index is 0.0250. The lowest BCUT2D eigenvalue weighted by atomic mass is 9.75. The first-order chi connectivity index (χ1) is 19.5. The highest BCUT2D eigenvalue weighted by atomic mass is 32.2. The quantitative estimate of drug-likeness (QED) is 0.551. The predicted molar refractivity (Wildman–Crippen MR) is 155 cm³/mol. The van der Waals surface area contributed by atoms with E-state index in [1.807, 2.05) is 38.1 Å². The summed E-state index contributed by atoms with van der Waals surface area (Å²) in [7, 11) is -3.13. The SMILES string of the molecule is CC(C)CCN1CC(=O)NC2(CCCc3ccccc32)C(=O)NCCCCN(C(=O)C2CCS(=O)(=O)CC2)CC1=O. The Hall–Kier alpha value is -2.95. The second-order valence-corrected chi connectivity index (χ2v) is 14.4. The molecule has 226 valence electrons. The minimum Gasteiger partial charge on any atom is -0.354 e. The maximum Gasteiger partial charge on any atom is 0.250 e. The van der Waals surface area contributed by atoms with Crippen molar-refractivity contribution in [1.82, 2.24) is 20.4 Å². The van der Waals surface area contributed by atoms with Crippen LogP contribution in [0.4, 0.5) is 0 Å². The van der Waals surface area contributed by atoms with Gasteiger partial charge in [-0.15, -0.1) is 0 Å². The van der Waals surface area contributed by atoms with Crippen LogP contribution in [0.1, 0.15) is 69.9 Å². The van der Waals surface area contributed by atoms with Gasteiger partial charge in [-0.2, -0.15) is 0 Å². The second-order valence-electron chi connectivity index (χ2n) is 12.1. The third-order valence-corrected chi connectivity index (χ3v) is 10.3. The van der Waals surface area contributed by atoms with E-state index in [4.69, 9.17) is 0 Å². The van der Waals surface area contributed by atoms with Gasteiger partial charge < -0.3 is 20.4 Å². The molecule has 11 heteroatoms. The standard InChI is InChI=1S/C30H44N4O6S/c1-22(2)11-17-33-20-26(35)32-30(14-7-9-23-8-3-4-10-25(23)30)29(38)31-15-5-6-16-34(21-27(33)36)28(37)24-12-18-41(39,40)19-13-24/h3-4,8,10,22,24H,5-7,9,11-21H2,1-2H3,(H,31,38)(H,32,35). The van der Waals surface area contributed by atoms with Crippen LogP contribution in [0.5, 0.6) is 0 Å². The van der Waals surface area contributed by atoms with Gasteiger partial charge in [-0.05, 0) is 68.4 Å². The van der Waals surface area contributed by atoms with Crippen molar-refractivity contribution in [2.45, 2.75) is 70.8 Å². The van der Waals surface area contributed by atoms with Crippen LogP contribution in [0.3, 0.4) is 0 Å². The van der Waals surface area contributed by atoms with E-state index in [0.29, 0.717) is 51.2 Å². The van der Waals surface area contributed by atoms with Crippen molar-refractivity contribution in [2.75, 3.05) is 44.2 Å². The molecule has 4 amide bonds. The third-order valence-electron chi connectivity index (χ3n) is 8.56. The van der Waals surface area contributed by atoms with Crippen LogP contribution in [-0.4, -0.2) is 86.1 Å². The number of carbonyl (C=O) groups is 4. The molecule has 3 aliphatic rings. The lowest BCUT2D eigenvalue weighted by molar-refractivity contribution is -0.145. The average Bonchev–Trinajstić information content (AvgIpc) is 2.93. The molecule has 2 saturated heterocycles. The largest absolute Gasteiger partial charge is 0.354 e. The van der Waals surface area contributed by atoms with Crippen LogP contribution in [-0.2, 0) is 41.0 Å². The minimum atomic E-state index is -3.13. The molecule has 2 N–H and O–H groups in total. The summed E-state index contributed by atoms with van der Waals surface area (Å²) in [5.41, 5.74) is 0.634. The average molecular weight is 589 g/mol. The van der Waals surface area contributed by atoms with Crippen molar-refractivity contribution >= 4 is 33.5 Å². The van der Waals surface area contributed by atoms with E-state index in [2.05, 4.69) is 10.6 Å². The van der Waals surface area contributed by atoms with E-state index in [-0.39, 0.29) is 55.2 Å². The van der Waals surface area contributed by atoms with E-state index in [0.717, 1.165) is 24.0 Å². The highest BCUT2D eigenvalue weighted by molar-refractivity contribution is 7.91. The number of amides is 4. The van der Waals surface area contributed by atoms with E-state index in [1.165, 1.54) is 9.80 Å². The summed E-state index contributed by atoms with van der Waals surface area (Å²) in [6, 6.07) is 7.71. The molecule has 0 saturated carbocycles. The van der Waals surface area contributed by atoms with Gasteiger partial charge in [0.2, 0.25) is 23.6 Å². The van der Waals surface area contributed by atoms with Crippen molar-refractivity contribution in [3.8, 4) is 0 Å². The predicted octanol–water partition coefficient (Wildman–Crippen LogP) is 1.77. The van der Waals surface area contributed by atoms with Gasteiger partial charge in [-0.3, -0.25) is 19.2 Å². The molecule has 2 aliphatic heterocycles. The number of fused-ring (bicyclic) bond motifs is 2. The lowest BCUT2D eigenvalue weighted by Gasteiger charge is -2.39. The molecule has 1 atom stereocenters. The van der Waals surface area contributed by atoms with E-state index >= 15 is 0 Å². The van der Waals surface area contributed by atoms with Gasteiger partial charge in [-0.25, -0.2) is 8.42 Å². The molecular weight excluding hydrogens is 544 g/mol. The van der Waals surface area contributed by atoms with Crippen LogP contribution in [0.2, 0.25) is 0 Å². The number of rotatable bonds is 4. The van der Waals surface area contributed by atoms with Gasteiger partial charge in [0.15, 0.2) is 0 Å². The molecule has 0 aromatic heterocycles. The molecule has 1 unspecified atom stereocenters. The topological polar surface area (TPSA) is 133 Å². The molecular formula is C30H44N4O6S. The van der Waals surface area contributed by atoms with Crippen LogP contribution in [0.15, 0.2) is 24.3 Å². The Balaban J connectivity index is 1.58. The van der Waals surface area contributed by atoms with Crippen LogP contribution < -0.4 is 10.6 Å². The molecule has 2 fully saturated rings. The van der Waals surface area contributed by atoms with Gasteiger partial charge >= 0.3 is 0 Å². The molecule has 1 aliphatic carbocycles. The van der Waals surface area contributed by atoms with Crippen molar-refractivity contribution in [3.63, 3.8) is 0 Å². The molecule has 41 heavy (non-hydrogen) atoms. The Morgan fingerprint density at radius 1 is 1.05 bits per heavy atom. The summed E-state index contributed by atoms with van der Waals surface area (Å²) in [5, 5.41) is 6.07. The number of nitrogens with zero attached hydrogens (tertiary/aromatic N) is 2. The number of hydrogen-bond donors (Lipinski definition) is 2. The summed E-state index contributed by atoms with van der Waals surface area (Å²) >= 11 is 0. The monoisotopic (exact) mass is 588 g/mol. The molecule has 1 aromatic carbocycles. The number of aryl methyl sites for hydroxylation is 1. The van der Waals surface area contributed by atoms with Gasteiger partial charge in [0.1, 0.15) is 15.4 Å². The highest BCUT2D eigenvalue weighted by Crippen LogP contribution is 2.36. The Morgan fingerprint density at radius 3 is 2.51 bits per heavy atom. The highest BCUT2D eigenvalue weighted by Gasteiger charge is 2.45. The number of carbonyl (C=O) groups excluding carboxylic acids is 4. The first kappa shape index (κ1) is 31.0. The number of benzene rings is 1. The summed E-state index contributed by atoms with van der Waals surface area (Å²) in [4.78, 5) is 57.5. The fraction of sp³-hybridized carbons (Fsp3) is 0.667. The fourth-order valence-corrected chi connectivity index (χ4v) is 7.61.